The van der Waals surface area contributed by atoms with Crippen LogP contribution in [0.15, 0.2) is 29.2 Å². The molecule has 0 amide bonds. The molecule has 6 N–H and O–H groups in total. The minimum absolute atomic E-state index is 0.142. The lowest BCUT2D eigenvalue weighted by Gasteiger charge is -2.20. The van der Waals surface area contributed by atoms with Crippen molar-refractivity contribution >= 4 is 27.8 Å². The highest BCUT2D eigenvalue weighted by atomic mass is 32.2. The van der Waals surface area contributed by atoms with E-state index in [-0.39, 0.29) is 11.1 Å². The fourth-order valence-electron chi connectivity index (χ4n) is 2.44. The van der Waals surface area contributed by atoms with Gasteiger partial charge >= 0.3 is 5.97 Å². The molecule has 0 saturated carbocycles. The topological polar surface area (TPSA) is 173 Å². The van der Waals surface area contributed by atoms with Crippen molar-refractivity contribution in [1.82, 2.24) is 0 Å². The van der Waals surface area contributed by atoms with Gasteiger partial charge in [-0.05, 0) is 24.5 Å². The van der Waals surface area contributed by atoms with Crippen LogP contribution in [-0.4, -0.2) is 50.7 Å². The van der Waals surface area contributed by atoms with Crippen molar-refractivity contribution in [3.8, 4) is 23.0 Å². The average molecular weight is 402 g/mol. The molecule has 0 radical (unpaired) electrons. The van der Waals surface area contributed by atoms with Crippen LogP contribution < -0.4 is 0 Å². The molecule has 1 unspecified atom stereocenters. The van der Waals surface area contributed by atoms with Gasteiger partial charge in [0.15, 0.2) is 0 Å². The molecule has 140 valence electrons. The molecular formula is C15H14O9S2. The van der Waals surface area contributed by atoms with Crippen LogP contribution in [0, 0.1) is 0 Å². The SMILES string of the molecule is CSC(c1cc(O)cc(C(=O)O)c1O)c1cc(O)cc(S(=O)(=O)O)c1O. The summed E-state index contributed by atoms with van der Waals surface area (Å²) in [4.78, 5) is 10.2. The number of benzene rings is 2. The van der Waals surface area contributed by atoms with Crippen LogP contribution in [0.25, 0.3) is 0 Å². The zero-order chi connectivity index (χ0) is 19.8. The number of carboxylic acid groups (broad SMARTS) is 1. The number of hydrogen-bond donors (Lipinski definition) is 6. The Hall–Kier alpha value is -2.63. The van der Waals surface area contributed by atoms with E-state index in [1.807, 2.05) is 0 Å². The Morgan fingerprint density at radius 3 is 1.92 bits per heavy atom. The molecule has 0 aliphatic heterocycles. The van der Waals surface area contributed by atoms with Crippen LogP contribution in [0.2, 0.25) is 0 Å². The standard InChI is InChI=1S/C15H14O9S2/c1-25-14(8-2-6(16)4-10(12(8)18)15(20)21)9-3-7(17)5-11(13(9)19)26(22,23)24/h2-5,14,16-19H,1H3,(H,20,21)(H,22,23,24). The summed E-state index contributed by atoms with van der Waals surface area (Å²) in [6.07, 6.45) is 1.51. The summed E-state index contributed by atoms with van der Waals surface area (Å²) in [6.45, 7) is 0. The first-order chi connectivity index (χ1) is 12.0. The normalized spacial score (nSPS) is 12.7. The van der Waals surface area contributed by atoms with Crippen molar-refractivity contribution in [2.45, 2.75) is 10.1 Å². The van der Waals surface area contributed by atoms with E-state index in [0.29, 0.717) is 6.07 Å². The van der Waals surface area contributed by atoms with E-state index >= 15 is 0 Å². The van der Waals surface area contributed by atoms with E-state index in [4.69, 9.17) is 5.11 Å². The first kappa shape index (κ1) is 19.7. The van der Waals surface area contributed by atoms with Gasteiger partial charge in [0.05, 0.1) is 5.25 Å². The molecule has 0 aromatic heterocycles. The van der Waals surface area contributed by atoms with E-state index in [1.165, 1.54) is 6.26 Å². The number of phenols is 4. The predicted molar refractivity (Wildman–Crippen MR) is 91.7 cm³/mol. The largest absolute Gasteiger partial charge is 0.508 e. The van der Waals surface area contributed by atoms with Crippen LogP contribution in [0.3, 0.4) is 0 Å². The van der Waals surface area contributed by atoms with Crippen LogP contribution in [0.1, 0.15) is 26.7 Å². The maximum atomic E-state index is 11.4. The molecule has 1 atom stereocenters. The highest BCUT2D eigenvalue weighted by Gasteiger charge is 2.28. The summed E-state index contributed by atoms with van der Waals surface area (Å²) in [7, 11) is -4.87. The second-order valence-corrected chi connectivity index (χ2v) is 7.54. The fourth-order valence-corrected chi connectivity index (χ4v) is 3.94. The zero-order valence-electron chi connectivity index (χ0n) is 13.1. The summed E-state index contributed by atoms with van der Waals surface area (Å²) in [5.41, 5.74) is -0.965. The lowest BCUT2D eigenvalue weighted by Crippen LogP contribution is -2.05. The van der Waals surface area contributed by atoms with E-state index in [2.05, 4.69) is 0 Å². The van der Waals surface area contributed by atoms with Crippen molar-refractivity contribution in [2.24, 2.45) is 0 Å². The van der Waals surface area contributed by atoms with Crippen LogP contribution >= 0.6 is 11.8 Å². The summed E-state index contributed by atoms with van der Waals surface area (Å²) >= 11 is 0.950. The summed E-state index contributed by atoms with van der Waals surface area (Å²) < 4.78 is 31.9. The lowest BCUT2D eigenvalue weighted by molar-refractivity contribution is 0.0693. The second-order valence-electron chi connectivity index (χ2n) is 5.21. The van der Waals surface area contributed by atoms with Gasteiger partial charge in [0.2, 0.25) is 0 Å². The van der Waals surface area contributed by atoms with Crippen molar-refractivity contribution in [3.05, 3.63) is 41.0 Å². The Labute approximate surface area is 151 Å². The molecule has 9 nitrogen and oxygen atoms in total. The molecule has 0 aliphatic rings. The molecule has 2 aromatic carbocycles. The van der Waals surface area contributed by atoms with Gasteiger partial charge in [-0.1, -0.05) is 0 Å². The minimum atomic E-state index is -4.87. The molecule has 0 bridgehead atoms. The molecule has 2 aromatic rings. The molecule has 0 spiro atoms. The third-order valence-electron chi connectivity index (χ3n) is 3.52. The Kier molecular flexibility index (Phi) is 5.26. The number of thioether (sulfide) groups is 1. The van der Waals surface area contributed by atoms with Crippen LogP contribution in [0.4, 0.5) is 0 Å². The summed E-state index contributed by atoms with van der Waals surface area (Å²) in [6, 6.07) is 3.50. The highest BCUT2D eigenvalue weighted by molar-refractivity contribution is 7.99. The van der Waals surface area contributed by atoms with E-state index in [9.17, 15) is 38.2 Å². The first-order valence-electron chi connectivity index (χ1n) is 6.82. The van der Waals surface area contributed by atoms with Crippen molar-refractivity contribution in [2.75, 3.05) is 6.26 Å². The fraction of sp³-hybridized carbons (Fsp3) is 0.133. The third kappa shape index (κ3) is 3.64. The molecular weight excluding hydrogens is 388 g/mol. The van der Waals surface area contributed by atoms with Gasteiger partial charge in [-0.15, -0.1) is 0 Å². The number of rotatable bonds is 5. The van der Waals surface area contributed by atoms with Crippen LogP contribution in [0.5, 0.6) is 23.0 Å². The first-order valence-corrected chi connectivity index (χ1v) is 9.55. The van der Waals surface area contributed by atoms with Gasteiger partial charge in [0.25, 0.3) is 10.1 Å². The van der Waals surface area contributed by atoms with E-state index in [1.54, 1.807) is 0 Å². The van der Waals surface area contributed by atoms with Gasteiger partial charge in [0, 0.05) is 17.2 Å². The maximum Gasteiger partial charge on any atom is 0.339 e. The Bertz CT molecular complexity index is 983. The number of hydrogen-bond acceptors (Lipinski definition) is 8. The maximum absolute atomic E-state index is 11.4. The molecule has 0 saturated heterocycles. The van der Waals surface area contributed by atoms with Crippen molar-refractivity contribution < 1.29 is 43.3 Å². The molecule has 2 rings (SSSR count). The number of aromatic carboxylic acids is 1. The predicted octanol–water partition coefficient (Wildman–Crippen LogP) is 1.91. The van der Waals surface area contributed by atoms with Crippen molar-refractivity contribution in [3.63, 3.8) is 0 Å². The zero-order valence-corrected chi connectivity index (χ0v) is 14.7. The summed E-state index contributed by atoms with van der Waals surface area (Å²) in [5.74, 6) is -4.18. The molecule has 0 fully saturated rings. The average Bonchev–Trinajstić information content (AvgIpc) is 2.52. The minimum Gasteiger partial charge on any atom is -0.508 e. The second kappa shape index (κ2) is 6.94. The Morgan fingerprint density at radius 2 is 1.46 bits per heavy atom. The van der Waals surface area contributed by atoms with Gasteiger partial charge in [-0.3, -0.25) is 4.55 Å². The number of carbonyl (C=O) groups is 1. The number of phenolic OH excluding ortho intramolecular Hbond substituents is 3. The smallest absolute Gasteiger partial charge is 0.339 e. The molecule has 0 heterocycles. The number of carboxylic acids is 1. The lowest BCUT2D eigenvalue weighted by atomic mass is 9.99. The van der Waals surface area contributed by atoms with E-state index in [0.717, 1.165) is 30.0 Å². The summed E-state index contributed by atoms with van der Waals surface area (Å²) in [5, 5.41) is 48.0. The van der Waals surface area contributed by atoms with Gasteiger partial charge in [0.1, 0.15) is 33.5 Å². The van der Waals surface area contributed by atoms with Gasteiger partial charge < -0.3 is 25.5 Å². The quantitative estimate of drug-likeness (QED) is 0.320. The molecule has 0 aliphatic carbocycles. The molecule has 26 heavy (non-hydrogen) atoms. The Balaban J connectivity index is 2.80. The number of aromatic hydroxyl groups is 4. The Morgan fingerprint density at radius 1 is 0.962 bits per heavy atom. The monoisotopic (exact) mass is 402 g/mol. The third-order valence-corrected chi connectivity index (χ3v) is 5.37. The molecule has 11 heteroatoms. The van der Waals surface area contributed by atoms with Crippen LogP contribution in [-0.2, 0) is 10.1 Å². The van der Waals surface area contributed by atoms with Crippen molar-refractivity contribution in [1.29, 1.82) is 0 Å². The van der Waals surface area contributed by atoms with Gasteiger partial charge in [-0.25, -0.2) is 4.79 Å². The van der Waals surface area contributed by atoms with Gasteiger partial charge in [-0.2, -0.15) is 20.2 Å². The van der Waals surface area contributed by atoms with E-state index < -0.39 is 54.8 Å². The highest BCUT2D eigenvalue weighted by Crippen LogP contribution is 2.47.